The van der Waals surface area contributed by atoms with E-state index in [1.54, 1.807) is 66.7 Å². The van der Waals surface area contributed by atoms with Gasteiger partial charge in [-0.3, -0.25) is 9.59 Å². The first-order chi connectivity index (χ1) is 14.5. The van der Waals surface area contributed by atoms with Gasteiger partial charge in [-0.25, -0.2) is 5.43 Å². The number of benzene rings is 3. The number of halogens is 1. The molecule has 0 radical (unpaired) electrons. The molecule has 0 spiro atoms. The number of anilines is 1. The van der Waals surface area contributed by atoms with Crippen LogP contribution in [0.4, 0.5) is 5.69 Å². The zero-order valence-electron chi connectivity index (χ0n) is 16.3. The van der Waals surface area contributed by atoms with Crippen LogP contribution in [0.15, 0.2) is 77.9 Å². The van der Waals surface area contributed by atoms with E-state index in [-0.39, 0.29) is 11.8 Å². The maximum absolute atomic E-state index is 12.3. The molecule has 0 fully saturated rings. The van der Waals surface area contributed by atoms with Crippen LogP contribution in [0.2, 0.25) is 5.02 Å². The fourth-order valence-corrected chi connectivity index (χ4v) is 2.73. The predicted octanol–water partition coefficient (Wildman–Crippen LogP) is 4.75. The van der Waals surface area contributed by atoms with Gasteiger partial charge < -0.3 is 10.1 Å². The first-order valence-electron chi connectivity index (χ1n) is 9.28. The molecular weight excluding hydrogens is 402 g/mol. The number of ether oxygens (including phenoxy) is 1. The van der Waals surface area contributed by atoms with Crippen molar-refractivity contribution < 1.29 is 14.3 Å². The van der Waals surface area contributed by atoms with Crippen LogP contribution in [-0.2, 0) is 0 Å². The summed E-state index contributed by atoms with van der Waals surface area (Å²) < 4.78 is 5.35. The molecule has 0 aliphatic heterocycles. The summed E-state index contributed by atoms with van der Waals surface area (Å²) in [5.41, 5.74) is 4.78. The molecule has 152 valence electrons. The van der Waals surface area contributed by atoms with Gasteiger partial charge in [0, 0.05) is 21.8 Å². The van der Waals surface area contributed by atoms with E-state index in [9.17, 15) is 9.59 Å². The summed E-state index contributed by atoms with van der Waals surface area (Å²) in [6.07, 6.45) is 1.50. The number of hydrogen-bond acceptors (Lipinski definition) is 4. The van der Waals surface area contributed by atoms with Gasteiger partial charge in [-0.15, -0.1) is 0 Å². The van der Waals surface area contributed by atoms with E-state index in [1.165, 1.54) is 6.21 Å². The lowest BCUT2D eigenvalue weighted by Gasteiger charge is -2.06. The fourth-order valence-electron chi connectivity index (χ4n) is 2.60. The molecule has 0 bridgehead atoms. The molecule has 6 nitrogen and oxygen atoms in total. The summed E-state index contributed by atoms with van der Waals surface area (Å²) in [5.74, 6) is 0.126. The minimum Gasteiger partial charge on any atom is -0.494 e. The van der Waals surface area contributed by atoms with Gasteiger partial charge in [0.2, 0.25) is 0 Å². The van der Waals surface area contributed by atoms with E-state index in [0.29, 0.717) is 34.2 Å². The van der Waals surface area contributed by atoms with Crippen LogP contribution in [0.5, 0.6) is 5.75 Å². The van der Waals surface area contributed by atoms with Gasteiger partial charge in [-0.05, 0) is 73.2 Å². The topological polar surface area (TPSA) is 79.8 Å². The average molecular weight is 422 g/mol. The van der Waals surface area contributed by atoms with Gasteiger partial charge in [0.05, 0.1) is 12.8 Å². The zero-order valence-corrected chi connectivity index (χ0v) is 17.0. The third-order valence-corrected chi connectivity index (χ3v) is 4.31. The Morgan fingerprint density at radius 1 is 0.967 bits per heavy atom. The highest BCUT2D eigenvalue weighted by Gasteiger charge is 2.07. The smallest absolute Gasteiger partial charge is 0.271 e. The molecule has 0 unspecified atom stereocenters. The lowest BCUT2D eigenvalue weighted by Crippen LogP contribution is -2.17. The summed E-state index contributed by atoms with van der Waals surface area (Å²) >= 11 is 5.85. The number of hydrazone groups is 1. The predicted molar refractivity (Wildman–Crippen MR) is 119 cm³/mol. The first-order valence-corrected chi connectivity index (χ1v) is 9.66. The Bertz CT molecular complexity index is 1050. The van der Waals surface area contributed by atoms with Crippen molar-refractivity contribution in [1.29, 1.82) is 0 Å². The summed E-state index contributed by atoms with van der Waals surface area (Å²) in [5, 5.41) is 7.36. The van der Waals surface area contributed by atoms with E-state index in [2.05, 4.69) is 15.8 Å². The van der Waals surface area contributed by atoms with Crippen molar-refractivity contribution in [2.24, 2.45) is 5.10 Å². The van der Waals surface area contributed by atoms with Gasteiger partial charge in [-0.1, -0.05) is 23.7 Å². The molecule has 0 saturated carbocycles. The highest BCUT2D eigenvalue weighted by molar-refractivity contribution is 6.30. The van der Waals surface area contributed by atoms with Crippen LogP contribution in [0.25, 0.3) is 0 Å². The molecule has 0 aliphatic carbocycles. The van der Waals surface area contributed by atoms with Crippen molar-refractivity contribution >= 4 is 35.3 Å². The molecule has 3 aromatic rings. The lowest BCUT2D eigenvalue weighted by molar-refractivity contribution is 0.0954. The molecule has 2 N–H and O–H groups in total. The van der Waals surface area contributed by atoms with E-state index in [0.717, 1.165) is 5.56 Å². The maximum Gasteiger partial charge on any atom is 0.271 e. The second-order valence-corrected chi connectivity index (χ2v) is 6.68. The van der Waals surface area contributed by atoms with Crippen molar-refractivity contribution in [3.63, 3.8) is 0 Å². The Balaban J connectivity index is 1.59. The van der Waals surface area contributed by atoms with E-state index < -0.39 is 0 Å². The molecule has 0 aliphatic rings. The van der Waals surface area contributed by atoms with Crippen molar-refractivity contribution in [3.8, 4) is 5.75 Å². The number of nitrogens with one attached hydrogen (secondary N) is 2. The van der Waals surface area contributed by atoms with Crippen molar-refractivity contribution in [3.05, 3.63) is 94.5 Å². The molecule has 7 heteroatoms. The van der Waals surface area contributed by atoms with Crippen molar-refractivity contribution in [2.75, 3.05) is 11.9 Å². The van der Waals surface area contributed by atoms with Crippen LogP contribution in [0, 0.1) is 0 Å². The van der Waals surface area contributed by atoms with Crippen molar-refractivity contribution in [1.82, 2.24) is 5.43 Å². The largest absolute Gasteiger partial charge is 0.494 e. The Morgan fingerprint density at radius 2 is 1.63 bits per heavy atom. The molecule has 3 aromatic carbocycles. The number of rotatable bonds is 7. The van der Waals surface area contributed by atoms with Gasteiger partial charge in [-0.2, -0.15) is 5.10 Å². The fraction of sp³-hybridized carbons (Fsp3) is 0.0870. The van der Waals surface area contributed by atoms with Crippen LogP contribution in [0.3, 0.4) is 0 Å². The Morgan fingerprint density at radius 3 is 2.33 bits per heavy atom. The number of nitrogens with zero attached hydrogens (tertiary/aromatic N) is 1. The van der Waals surface area contributed by atoms with Crippen LogP contribution < -0.4 is 15.5 Å². The summed E-state index contributed by atoms with van der Waals surface area (Å²) in [7, 11) is 0. The molecule has 0 atom stereocenters. The minimum atomic E-state index is -0.332. The average Bonchev–Trinajstić information content (AvgIpc) is 2.75. The molecule has 3 rings (SSSR count). The van der Waals surface area contributed by atoms with Crippen LogP contribution in [-0.4, -0.2) is 24.6 Å². The molecule has 30 heavy (non-hydrogen) atoms. The second kappa shape index (κ2) is 10.2. The molecular formula is C23H20ClN3O3. The highest BCUT2D eigenvalue weighted by atomic mass is 35.5. The minimum absolute atomic E-state index is 0.246. The Hall–Kier alpha value is -3.64. The van der Waals surface area contributed by atoms with E-state index in [4.69, 9.17) is 16.3 Å². The van der Waals surface area contributed by atoms with Crippen molar-refractivity contribution in [2.45, 2.75) is 6.92 Å². The third-order valence-electron chi connectivity index (χ3n) is 4.06. The molecule has 2 amide bonds. The van der Waals surface area contributed by atoms with Gasteiger partial charge in [0.1, 0.15) is 5.75 Å². The third kappa shape index (κ3) is 5.93. The molecule has 0 saturated heterocycles. The summed E-state index contributed by atoms with van der Waals surface area (Å²) in [4.78, 5) is 24.5. The van der Waals surface area contributed by atoms with Crippen LogP contribution in [0.1, 0.15) is 33.2 Å². The maximum atomic E-state index is 12.3. The second-order valence-electron chi connectivity index (χ2n) is 6.24. The molecule has 0 aromatic heterocycles. The van der Waals surface area contributed by atoms with E-state index >= 15 is 0 Å². The Labute approximate surface area is 179 Å². The number of amides is 2. The standard InChI is InChI=1S/C23H20ClN3O3/c1-2-30-21-12-8-18(9-13-21)23(29)27-25-15-16-4-3-5-20(14-16)26-22(28)17-6-10-19(24)11-7-17/h3-15H,2H2,1H3,(H,26,28)(H,27,29)/b25-15-. The summed E-state index contributed by atoms with van der Waals surface area (Å²) in [6, 6.07) is 20.5. The van der Waals surface area contributed by atoms with E-state index in [1.807, 2.05) is 13.0 Å². The quantitative estimate of drug-likeness (QED) is 0.426. The Kier molecular flexibility index (Phi) is 7.19. The monoisotopic (exact) mass is 421 g/mol. The number of carbonyl (C=O) groups excluding carboxylic acids is 2. The number of carbonyl (C=O) groups is 2. The van der Waals surface area contributed by atoms with Gasteiger partial charge in [0.25, 0.3) is 11.8 Å². The zero-order chi connectivity index (χ0) is 21.3. The van der Waals surface area contributed by atoms with Crippen LogP contribution >= 0.6 is 11.6 Å². The highest BCUT2D eigenvalue weighted by Crippen LogP contribution is 2.14. The molecule has 0 heterocycles. The van der Waals surface area contributed by atoms with Gasteiger partial charge in [0.15, 0.2) is 0 Å². The normalized spacial score (nSPS) is 10.6. The number of hydrogen-bond donors (Lipinski definition) is 2. The summed E-state index contributed by atoms with van der Waals surface area (Å²) in [6.45, 7) is 2.46. The van der Waals surface area contributed by atoms with Gasteiger partial charge >= 0.3 is 0 Å². The first kappa shape index (κ1) is 21.1. The SMILES string of the molecule is CCOc1ccc(C(=O)N/N=C\c2cccc(NC(=O)c3ccc(Cl)cc3)c2)cc1. The lowest BCUT2D eigenvalue weighted by atomic mass is 10.2.